The zero-order valence-corrected chi connectivity index (χ0v) is 34.7. The Balaban J connectivity index is 0.785. The Kier molecular flexibility index (Phi) is 10.6. The highest BCUT2D eigenvalue weighted by Gasteiger charge is 2.34. The van der Waals surface area contributed by atoms with E-state index in [-0.39, 0.29) is 23.6 Å². The quantitative estimate of drug-likeness (QED) is 0.0941. The van der Waals surface area contributed by atoms with E-state index in [4.69, 9.17) is 5.10 Å². The highest BCUT2D eigenvalue weighted by molar-refractivity contribution is 6.06. The summed E-state index contributed by atoms with van der Waals surface area (Å²) in [4.78, 5) is 68.4. The molecular weight excluding hydrogens is 825 g/mol. The van der Waals surface area contributed by atoms with Gasteiger partial charge >= 0.3 is 0 Å². The average Bonchev–Trinajstić information content (AvgIpc) is 4.11. The highest BCUT2D eigenvalue weighted by atomic mass is 16.2. The van der Waals surface area contributed by atoms with Crippen LogP contribution >= 0.6 is 0 Å². The van der Waals surface area contributed by atoms with Crippen molar-refractivity contribution in [1.82, 2.24) is 65.1 Å². The number of hydrogen-bond acceptors (Lipinski definition) is 10. The Hall–Kier alpha value is -8.80. The minimum absolute atomic E-state index is 0.0910. The van der Waals surface area contributed by atoms with Gasteiger partial charge in [-0.2, -0.15) is 24.6 Å². The SMILES string of the molecule is C=CC(=O)N1CC(C(=O)NCCc2cc3c(-c4c(C=CC(=O)Nc5cccc(C(=O)NCCc6cc7c(-c8cnn9ncccc89)ccnc7[nH]6)c5)nn5ncccc45)ccnc3[nH]2)C1. The second-order valence-corrected chi connectivity index (χ2v) is 15.5. The molecule has 1 aliphatic rings. The molecule has 0 aliphatic carbocycles. The van der Waals surface area contributed by atoms with E-state index >= 15 is 0 Å². The number of aromatic nitrogens is 10. The maximum Gasteiger partial charge on any atom is 0.251 e. The van der Waals surface area contributed by atoms with Gasteiger partial charge in [-0.3, -0.25) is 19.2 Å². The normalized spacial score (nSPS) is 12.9. The summed E-state index contributed by atoms with van der Waals surface area (Å²) in [7, 11) is 0. The van der Waals surface area contributed by atoms with E-state index in [0.29, 0.717) is 61.6 Å². The zero-order chi connectivity index (χ0) is 44.4. The molecule has 0 atom stereocenters. The molecule has 0 saturated carbocycles. The third kappa shape index (κ3) is 8.06. The van der Waals surface area contributed by atoms with E-state index in [1.165, 1.54) is 16.8 Å². The molecule has 10 rings (SSSR count). The van der Waals surface area contributed by atoms with Gasteiger partial charge in [0.2, 0.25) is 17.7 Å². The van der Waals surface area contributed by atoms with Crippen molar-refractivity contribution in [2.24, 2.45) is 5.92 Å². The molecule has 322 valence electrons. The van der Waals surface area contributed by atoms with Gasteiger partial charge in [0.05, 0.1) is 28.8 Å². The van der Waals surface area contributed by atoms with Gasteiger partial charge in [-0.05, 0) is 90.0 Å². The van der Waals surface area contributed by atoms with Crippen molar-refractivity contribution in [3.63, 3.8) is 0 Å². The molecule has 0 radical (unpaired) electrons. The largest absolute Gasteiger partial charge is 0.355 e. The standard InChI is InChI=1S/C47H40N14O4/c1-2-42(63)59-26-29(27-59)47(65)51-19-13-32-24-36-34(15-21-49-45(36)57-32)43-38(58-61-40(43)9-5-17-53-61)10-11-41(62)55-30-7-3-6-28(22-30)46(64)50-18-12-31-23-35-33(14-20-48-44(35)56-31)37-25-54-60-39(37)8-4-16-52-60/h2-11,14-17,20-25,29H,1,12-13,18-19,26-27H2,(H,48,56)(H,49,57)(H,50,64)(H,51,65)(H,55,62). The number of aromatic amines is 2. The fraction of sp³-hybridized carbons (Fsp3) is 0.149. The number of fused-ring (bicyclic) bond motifs is 4. The summed E-state index contributed by atoms with van der Waals surface area (Å²) in [6.45, 7) is 5.04. The predicted octanol–water partition coefficient (Wildman–Crippen LogP) is 4.79. The van der Waals surface area contributed by atoms with Crippen LogP contribution in [0.4, 0.5) is 5.69 Å². The number of likely N-dealkylation sites (tertiary alicyclic amines) is 1. The molecule has 4 amide bonds. The lowest BCUT2D eigenvalue weighted by molar-refractivity contribution is -0.139. The topological polar surface area (TPSA) is 225 Å². The third-order valence-corrected chi connectivity index (χ3v) is 11.4. The van der Waals surface area contributed by atoms with Crippen LogP contribution in [0.5, 0.6) is 0 Å². The van der Waals surface area contributed by atoms with E-state index < -0.39 is 5.91 Å². The Morgan fingerprint density at radius 1 is 0.738 bits per heavy atom. The van der Waals surface area contributed by atoms with Crippen LogP contribution < -0.4 is 16.0 Å². The number of nitrogens with zero attached hydrogens (tertiary/aromatic N) is 9. The fourth-order valence-electron chi connectivity index (χ4n) is 8.14. The number of H-pyrrole nitrogens is 2. The molecular formula is C47H40N14O4. The number of amides is 4. The third-order valence-electron chi connectivity index (χ3n) is 11.4. The molecule has 8 aromatic heterocycles. The predicted molar refractivity (Wildman–Crippen MR) is 243 cm³/mol. The molecule has 1 fully saturated rings. The lowest BCUT2D eigenvalue weighted by Crippen LogP contribution is -2.55. The maximum absolute atomic E-state index is 13.4. The van der Waals surface area contributed by atoms with Gasteiger partial charge < -0.3 is 30.8 Å². The highest BCUT2D eigenvalue weighted by Crippen LogP contribution is 2.35. The number of nitrogens with one attached hydrogen (secondary N) is 5. The first kappa shape index (κ1) is 40.3. The monoisotopic (exact) mass is 864 g/mol. The summed E-state index contributed by atoms with van der Waals surface area (Å²) >= 11 is 0. The number of rotatable bonds is 14. The van der Waals surface area contributed by atoms with Crippen LogP contribution in [0.25, 0.3) is 61.4 Å². The maximum atomic E-state index is 13.4. The molecule has 0 unspecified atom stereocenters. The molecule has 9 aromatic rings. The molecule has 1 aromatic carbocycles. The molecule has 18 nitrogen and oxygen atoms in total. The fourth-order valence-corrected chi connectivity index (χ4v) is 8.14. The smallest absolute Gasteiger partial charge is 0.251 e. The molecule has 9 heterocycles. The van der Waals surface area contributed by atoms with Crippen LogP contribution in [0.2, 0.25) is 0 Å². The number of hydrogen-bond donors (Lipinski definition) is 5. The summed E-state index contributed by atoms with van der Waals surface area (Å²) in [5.41, 5.74) is 9.66. The van der Waals surface area contributed by atoms with Gasteiger partial charge in [0.1, 0.15) is 11.3 Å². The van der Waals surface area contributed by atoms with Crippen molar-refractivity contribution in [1.29, 1.82) is 0 Å². The van der Waals surface area contributed by atoms with Crippen molar-refractivity contribution < 1.29 is 19.2 Å². The van der Waals surface area contributed by atoms with Crippen molar-refractivity contribution in [3.05, 3.63) is 145 Å². The Bertz CT molecular complexity index is 3350. The summed E-state index contributed by atoms with van der Waals surface area (Å²) < 4.78 is 3.11. The van der Waals surface area contributed by atoms with Crippen molar-refractivity contribution >= 4 is 68.5 Å². The van der Waals surface area contributed by atoms with Crippen LogP contribution in [-0.4, -0.2) is 104 Å². The second kappa shape index (κ2) is 17.2. The summed E-state index contributed by atoms with van der Waals surface area (Å²) in [6, 6.07) is 22.2. The van der Waals surface area contributed by atoms with Crippen LogP contribution in [-0.2, 0) is 27.2 Å². The zero-order valence-electron chi connectivity index (χ0n) is 34.7. The van der Waals surface area contributed by atoms with Gasteiger partial charge in [-0.15, -0.1) is 5.10 Å². The summed E-state index contributed by atoms with van der Waals surface area (Å²) in [5.74, 6) is -1.20. The molecule has 0 spiro atoms. The molecule has 18 heteroatoms. The van der Waals surface area contributed by atoms with Gasteiger partial charge in [-0.25, -0.2) is 9.97 Å². The van der Waals surface area contributed by atoms with Crippen molar-refractivity contribution in [2.75, 3.05) is 31.5 Å². The lowest BCUT2D eigenvalue weighted by Gasteiger charge is -2.37. The minimum atomic E-state index is -0.418. The van der Waals surface area contributed by atoms with Crippen molar-refractivity contribution in [3.8, 4) is 22.3 Å². The molecule has 1 saturated heterocycles. The molecule has 65 heavy (non-hydrogen) atoms. The molecule has 1 aliphatic heterocycles. The number of carbonyl (C=O) groups excluding carboxylic acids is 4. The van der Waals surface area contributed by atoms with Crippen LogP contribution in [0.3, 0.4) is 0 Å². The van der Waals surface area contributed by atoms with Gasteiger partial charge in [0, 0.05) is 114 Å². The minimum Gasteiger partial charge on any atom is -0.355 e. The van der Waals surface area contributed by atoms with E-state index in [1.807, 2.05) is 48.5 Å². The lowest BCUT2D eigenvalue weighted by atomic mass is 9.99. The first-order valence-corrected chi connectivity index (χ1v) is 20.9. The van der Waals surface area contributed by atoms with E-state index in [2.05, 4.69) is 57.8 Å². The molecule has 0 bridgehead atoms. The molecule has 5 N–H and O–H groups in total. The van der Waals surface area contributed by atoms with Crippen LogP contribution in [0, 0.1) is 5.92 Å². The average molecular weight is 865 g/mol. The van der Waals surface area contributed by atoms with Gasteiger partial charge in [0.15, 0.2) is 0 Å². The number of benzene rings is 1. The van der Waals surface area contributed by atoms with E-state index in [1.54, 1.807) is 70.9 Å². The van der Waals surface area contributed by atoms with Crippen LogP contribution in [0.15, 0.2) is 123 Å². The second-order valence-electron chi connectivity index (χ2n) is 15.5. The number of anilines is 1. The van der Waals surface area contributed by atoms with E-state index in [9.17, 15) is 19.2 Å². The Labute approximate surface area is 369 Å². The Morgan fingerprint density at radius 3 is 2.18 bits per heavy atom. The number of carbonyl (C=O) groups is 4. The first-order chi connectivity index (χ1) is 31.8. The summed E-state index contributed by atoms with van der Waals surface area (Å²) in [6.07, 6.45) is 13.9. The van der Waals surface area contributed by atoms with Gasteiger partial charge in [-0.1, -0.05) is 12.6 Å². The van der Waals surface area contributed by atoms with Crippen molar-refractivity contribution in [2.45, 2.75) is 12.8 Å². The summed E-state index contributed by atoms with van der Waals surface area (Å²) in [5, 5.41) is 28.4. The van der Waals surface area contributed by atoms with Crippen LogP contribution in [0.1, 0.15) is 27.4 Å². The Morgan fingerprint density at radius 2 is 1.43 bits per heavy atom. The number of pyridine rings is 2. The van der Waals surface area contributed by atoms with E-state index in [0.717, 1.165) is 61.1 Å². The van der Waals surface area contributed by atoms with Gasteiger partial charge in [0.25, 0.3) is 5.91 Å². The first-order valence-electron chi connectivity index (χ1n) is 20.9.